The molecule has 0 spiro atoms. The van der Waals surface area contributed by atoms with Gasteiger partial charge < -0.3 is 10.5 Å². The third-order valence-corrected chi connectivity index (χ3v) is 3.19. The Morgan fingerprint density at radius 2 is 1.80 bits per heavy atom. The zero-order valence-corrected chi connectivity index (χ0v) is 13.0. The molecule has 1 aromatic carbocycles. The fourth-order valence-corrected chi connectivity index (χ4v) is 2.16. The predicted molar refractivity (Wildman–Crippen MR) is 78.7 cm³/mol. The molecule has 0 aliphatic carbocycles. The summed E-state index contributed by atoms with van der Waals surface area (Å²) in [4.78, 5) is 0. The Bertz CT molecular complexity index is 450. The molecule has 20 heavy (non-hydrogen) atoms. The topological polar surface area (TPSA) is 35.2 Å². The molecule has 0 aliphatic heterocycles. The Kier molecular flexibility index (Phi) is 5.14. The number of ether oxygens (including phenoxy) is 1. The first kappa shape index (κ1) is 16.9. The van der Waals surface area contributed by atoms with E-state index in [1.807, 2.05) is 26.0 Å². The van der Waals surface area contributed by atoms with Crippen molar-refractivity contribution in [2.75, 3.05) is 13.2 Å². The maximum Gasteiger partial charge on any atom is 0.293 e. The van der Waals surface area contributed by atoms with Gasteiger partial charge in [-0.25, -0.2) is 8.78 Å². The van der Waals surface area contributed by atoms with Gasteiger partial charge in [0, 0.05) is 5.56 Å². The van der Waals surface area contributed by atoms with E-state index in [0.29, 0.717) is 5.75 Å². The van der Waals surface area contributed by atoms with Crippen LogP contribution < -0.4 is 10.5 Å². The highest BCUT2D eigenvalue weighted by molar-refractivity contribution is 5.45. The molecule has 114 valence electrons. The maximum absolute atomic E-state index is 13.3. The summed E-state index contributed by atoms with van der Waals surface area (Å²) in [5, 5.41) is 0. The van der Waals surface area contributed by atoms with Crippen LogP contribution in [0.1, 0.15) is 51.7 Å². The highest BCUT2D eigenvalue weighted by Gasteiger charge is 2.29. The Balaban J connectivity index is 3.14. The summed E-state index contributed by atoms with van der Waals surface area (Å²) < 4.78 is 31.9. The second kappa shape index (κ2) is 6.08. The summed E-state index contributed by atoms with van der Waals surface area (Å²) in [6.07, 6.45) is 0. The van der Waals surface area contributed by atoms with Crippen LogP contribution in [0.2, 0.25) is 0 Å². The molecule has 0 saturated carbocycles. The molecule has 2 N–H and O–H groups in total. The summed E-state index contributed by atoms with van der Waals surface area (Å²) in [6, 6.07) is 5.63. The van der Waals surface area contributed by atoms with Crippen molar-refractivity contribution in [2.45, 2.75) is 51.9 Å². The maximum atomic E-state index is 13.3. The van der Waals surface area contributed by atoms with E-state index in [4.69, 9.17) is 10.5 Å². The molecule has 0 aromatic heterocycles. The molecular formula is C16H25F2NO. The minimum Gasteiger partial charge on any atom is -0.487 e. The van der Waals surface area contributed by atoms with E-state index in [0.717, 1.165) is 11.1 Å². The number of benzene rings is 1. The first-order valence-corrected chi connectivity index (χ1v) is 6.92. The number of rotatable bonds is 5. The summed E-state index contributed by atoms with van der Waals surface area (Å²) in [5.41, 5.74) is 7.10. The average molecular weight is 285 g/mol. The molecule has 4 heteroatoms. The van der Waals surface area contributed by atoms with Crippen LogP contribution in [0.25, 0.3) is 0 Å². The molecule has 0 amide bonds. The minimum absolute atomic E-state index is 0.0602. The fraction of sp³-hybridized carbons (Fsp3) is 0.625. The minimum atomic E-state index is -2.99. The normalized spacial score (nSPS) is 12.8. The molecule has 1 aromatic rings. The van der Waals surface area contributed by atoms with Crippen LogP contribution in [0.4, 0.5) is 8.78 Å². The van der Waals surface area contributed by atoms with E-state index in [2.05, 4.69) is 20.8 Å². The van der Waals surface area contributed by atoms with Crippen molar-refractivity contribution < 1.29 is 13.5 Å². The predicted octanol–water partition coefficient (Wildman–Crippen LogP) is 4.08. The monoisotopic (exact) mass is 285 g/mol. The third-order valence-electron chi connectivity index (χ3n) is 3.19. The second-order valence-electron chi connectivity index (χ2n) is 6.47. The van der Waals surface area contributed by atoms with Gasteiger partial charge in [-0.2, -0.15) is 0 Å². The lowest BCUT2D eigenvalue weighted by atomic mass is 9.80. The van der Waals surface area contributed by atoms with Gasteiger partial charge in [-0.1, -0.05) is 46.8 Å². The third kappa shape index (κ3) is 4.17. The van der Waals surface area contributed by atoms with Gasteiger partial charge in [0.05, 0.1) is 6.54 Å². The summed E-state index contributed by atoms with van der Waals surface area (Å²) in [5.74, 6) is -2.26. The molecule has 0 unspecified atom stereocenters. The molecule has 0 bridgehead atoms. The molecule has 1 rings (SSSR count). The summed E-state index contributed by atoms with van der Waals surface area (Å²) >= 11 is 0. The first-order chi connectivity index (χ1) is 9.08. The van der Waals surface area contributed by atoms with E-state index in [-0.39, 0.29) is 11.3 Å². The van der Waals surface area contributed by atoms with Crippen LogP contribution in [0.5, 0.6) is 5.75 Å². The Morgan fingerprint density at radius 1 is 1.20 bits per heavy atom. The van der Waals surface area contributed by atoms with Gasteiger partial charge in [0.25, 0.3) is 5.92 Å². The van der Waals surface area contributed by atoms with Crippen LogP contribution >= 0.6 is 0 Å². The molecule has 0 atom stereocenters. The van der Waals surface area contributed by atoms with Crippen LogP contribution in [-0.2, 0) is 5.41 Å². The lowest BCUT2D eigenvalue weighted by molar-refractivity contribution is -0.0322. The van der Waals surface area contributed by atoms with Gasteiger partial charge in [-0.15, -0.1) is 0 Å². The van der Waals surface area contributed by atoms with Gasteiger partial charge in [0.1, 0.15) is 5.75 Å². The molecule has 0 fully saturated rings. The van der Waals surface area contributed by atoms with Crippen molar-refractivity contribution in [1.82, 2.24) is 0 Å². The Hall–Kier alpha value is -1.16. The van der Waals surface area contributed by atoms with Gasteiger partial charge in [0.15, 0.2) is 6.61 Å². The molecule has 0 saturated heterocycles. The summed E-state index contributed by atoms with van der Waals surface area (Å²) in [7, 11) is 0. The molecule has 0 heterocycles. The molecular weight excluding hydrogens is 260 g/mol. The number of nitrogens with two attached hydrogens (primary N) is 1. The lowest BCUT2D eigenvalue weighted by Gasteiger charge is -2.27. The van der Waals surface area contributed by atoms with Crippen LogP contribution in [0.15, 0.2) is 18.2 Å². The van der Waals surface area contributed by atoms with Gasteiger partial charge in [0.2, 0.25) is 0 Å². The van der Waals surface area contributed by atoms with Gasteiger partial charge in [-0.05, 0) is 23.0 Å². The van der Waals surface area contributed by atoms with Crippen molar-refractivity contribution in [2.24, 2.45) is 5.73 Å². The molecule has 2 nitrogen and oxygen atoms in total. The molecule has 0 radical (unpaired) electrons. The van der Waals surface area contributed by atoms with Gasteiger partial charge >= 0.3 is 0 Å². The first-order valence-electron chi connectivity index (χ1n) is 6.92. The highest BCUT2D eigenvalue weighted by atomic mass is 19.3. The van der Waals surface area contributed by atoms with Crippen molar-refractivity contribution in [1.29, 1.82) is 0 Å². The smallest absolute Gasteiger partial charge is 0.293 e. The van der Waals surface area contributed by atoms with E-state index in [1.165, 1.54) is 0 Å². The van der Waals surface area contributed by atoms with E-state index >= 15 is 0 Å². The Labute approximate surface area is 120 Å². The van der Waals surface area contributed by atoms with Crippen molar-refractivity contribution in [3.63, 3.8) is 0 Å². The zero-order chi connectivity index (χ0) is 15.6. The SMILES string of the molecule is CC(C)c1c(OCC(F)(F)CN)cccc1C(C)(C)C. The zero-order valence-electron chi connectivity index (χ0n) is 13.0. The largest absolute Gasteiger partial charge is 0.487 e. The average Bonchev–Trinajstić information content (AvgIpc) is 2.34. The quantitative estimate of drug-likeness (QED) is 0.884. The standard InChI is InChI=1S/C16H25F2NO/c1-11(2)14-12(15(3,4)5)7-6-8-13(14)20-10-16(17,18)9-19/h6-8,11H,9-10,19H2,1-5H3. The van der Waals surface area contributed by atoms with Crippen molar-refractivity contribution in [3.8, 4) is 5.75 Å². The lowest BCUT2D eigenvalue weighted by Crippen LogP contribution is -2.34. The van der Waals surface area contributed by atoms with Crippen molar-refractivity contribution >= 4 is 0 Å². The van der Waals surface area contributed by atoms with E-state index in [9.17, 15) is 8.78 Å². The number of halogens is 2. The number of hydrogen-bond acceptors (Lipinski definition) is 2. The van der Waals surface area contributed by atoms with E-state index in [1.54, 1.807) is 6.07 Å². The van der Waals surface area contributed by atoms with Crippen LogP contribution in [0.3, 0.4) is 0 Å². The fourth-order valence-electron chi connectivity index (χ4n) is 2.16. The van der Waals surface area contributed by atoms with Crippen LogP contribution in [0, 0.1) is 0 Å². The second-order valence-corrected chi connectivity index (χ2v) is 6.47. The number of alkyl halides is 2. The van der Waals surface area contributed by atoms with E-state index < -0.39 is 19.1 Å². The summed E-state index contributed by atoms with van der Waals surface area (Å²) in [6.45, 7) is 9.00. The number of hydrogen-bond donors (Lipinski definition) is 1. The Morgan fingerprint density at radius 3 is 2.25 bits per heavy atom. The van der Waals surface area contributed by atoms with Crippen molar-refractivity contribution in [3.05, 3.63) is 29.3 Å². The molecule has 0 aliphatic rings. The van der Waals surface area contributed by atoms with Crippen LogP contribution in [-0.4, -0.2) is 19.1 Å². The van der Waals surface area contributed by atoms with Gasteiger partial charge in [-0.3, -0.25) is 0 Å². The highest BCUT2D eigenvalue weighted by Crippen LogP contribution is 2.37.